The minimum Gasteiger partial charge on any atom is -0.464 e. The largest absolute Gasteiger partial charge is 0.464 e. The summed E-state index contributed by atoms with van der Waals surface area (Å²) in [5, 5.41) is 5.31. The molecule has 83 heavy (non-hydrogen) atoms. The van der Waals surface area contributed by atoms with Crippen molar-refractivity contribution in [3.05, 3.63) is 71.5 Å². The summed E-state index contributed by atoms with van der Waals surface area (Å²) in [6.45, 7) is 15.9. The molecule has 1 aliphatic carbocycles. The highest BCUT2D eigenvalue weighted by molar-refractivity contribution is 5.96. The van der Waals surface area contributed by atoms with Crippen LogP contribution in [0, 0.1) is 22.7 Å². The van der Waals surface area contributed by atoms with Gasteiger partial charge in [0.05, 0.1) is 61.3 Å². The molecule has 2 N–H and O–H groups in total. The summed E-state index contributed by atoms with van der Waals surface area (Å²) < 4.78 is 65.1. The van der Waals surface area contributed by atoms with Crippen LogP contribution in [-0.4, -0.2) is 193 Å². The Bertz CT molecular complexity index is 3130. The van der Waals surface area contributed by atoms with Gasteiger partial charge in [0.25, 0.3) is 5.91 Å². The average molecular weight is 1150 g/mol. The Morgan fingerprint density at radius 2 is 1.75 bits per heavy atom. The first-order valence-electron chi connectivity index (χ1n) is 30.4. The highest BCUT2D eigenvalue weighted by atomic mass is 19.4. The first kappa shape index (κ1) is 57.8. The number of nitrogens with one attached hydrogen (secondary N) is 2. The number of alkyl halides is 3. The van der Waals surface area contributed by atoms with E-state index in [0.29, 0.717) is 111 Å². The lowest BCUT2D eigenvalue weighted by atomic mass is 9.84. The molecule has 2 aromatic heterocycles. The van der Waals surface area contributed by atoms with Gasteiger partial charge in [-0.2, -0.15) is 13.2 Å². The maximum Gasteiger partial charge on any atom is 0.406 e. The number of halogens is 3. The molecule has 0 radical (unpaired) electrons. The second-order valence-corrected chi connectivity index (χ2v) is 26.6. The number of carbonyl (C=O) groups is 4. The Balaban J connectivity index is 0.893. The molecule has 448 valence electrons. The number of fused-ring (bicyclic) bond motifs is 7. The van der Waals surface area contributed by atoms with Gasteiger partial charge >= 0.3 is 12.1 Å². The third-order valence-electron chi connectivity index (χ3n) is 19.5. The minimum absolute atomic E-state index is 0.0203. The van der Waals surface area contributed by atoms with E-state index >= 15 is 22.8 Å². The van der Waals surface area contributed by atoms with E-state index in [1.54, 1.807) is 19.4 Å². The quantitative estimate of drug-likeness (QED) is 0.119. The van der Waals surface area contributed by atoms with Crippen molar-refractivity contribution in [2.45, 2.75) is 141 Å². The van der Waals surface area contributed by atoms with Gasteiger partial charge in [-0.25, -0.2) is 5.43 Å². The first-order chi connectivity index (χ1) is 39.7. The number of esters is 1. The number of ether oxygens (including phenoxy) is 3. The van der Waals surface area contributed by atoms with Crippen molar-refractivity contribution in [1.82, 2.24) is 44.9 Å². The normalized spacial score (nSPS) is 28.8. The van der Waals surface area contributed by atoms with E-state index in [4.69, 9.17) is 19.2 Å². The van der Waals surface area contributed by atoms with Crippen LogP contribution in [0.1, 0.15) is 96.1 Å². The zero-order valence-corrected chi connectivity index (χ0v) is 49.3. The maximum atomic E-state index is 15.3. The van der Waals surface area contributed by atoms with E-state index in [0.717, 1.165) is 54.9 Å². The Kier molecular flexibility index (Phi) is 15.8. The van der Waals surface area contributed by atoms with Crippen LogP contribution in [0.3, 0.4) is 0 Å². The van der Waals surface area contributed by atoms with E-state index in [-0.39, 0.29) is 60.6 Å². The number of benzene rings is 2. The number of hydrazine groups is 1. The lowest BCUT2D eigenvalue weighted by Gasteiger charge is -2.44. The number of methoxy groups -OCH3 is 1. The van der Waals surface area contributed by atoms with Crippen molar-refractivity contribution >= 4 is 40.3 Å². The summed E-state index contributed by atoms with van der Waals surface area (Å²) >= 11 is 0. The fourth-order valence-corrected chi connectivity index (χ4v) is 14.9. The Morgan fingerprint density at radius 1 is 0.952 bits per heavy atom. The molecule has 7 aliphatic heterocycles. The number of morpholine rings is 1. The number of hydrogen-bond donors (Lipinski definition) is 2. The maximum absolute atomic E-state index is 15.3. The van der Waals surface area contributed by atoms with Gasteiger partial charge in [0.15, 0.2) is 0 Å². The van der Waals surface area contributed by atoms with Crippen LogP contribution in [0.25, 0.3) is 33.3 Å². The number of cyclic esters (lactones) is 1. The predicted octanol–water partition coefficient (Wildman–Crippen LogP) is 6.85. The number of carbonyl (C=O) groups excluding carboxylic acids is 4. The van der Waals surface area contributed by atoms with Crippen molar-refractivity contribution in [2.75, 3.05) is 97.8 Å². The first-order valence-corrected chi connectivity index (χ1v) is 30.4. The van der Waals surface area contributed by atoms with Gasteiger partial charge in [0, 0.05) is 99.2 Å². The molecule has 7 fully saturated rings. The number of amides is 3. The predicted molar refractivity (Wildman–Crippen MR) is 309 cm³/mol. The minimum atomic E-state index is -4.61. The molecule has 8 aliphatic rings. The molecule has 9 heterocycles. The summed E-state index contributed by atoms with van der Waals surface area (Å²) in [5.74, 6) is -0.419. The fraction of sp³-hybridized carbons (Fsp3) is 0.635. The molecule has 3 amide bonds. The number of hydrogen-bond acceptors (Lipinski definition) is 13. The van der Waals surface area contributed by atoms with Gasteiger partial charge in [-0.05, 0) is 118 Å². The highest BCUT2D eigenvalue weighted by Gasteiger charge is 2.59. The van der Waals surface area contributed by atoms with E-state index < -0.39 is 48.3 Å². The summed E-state index contributed by atoms with van der Waals surface area (Å²) in [6, 6.07) is 13.4. The monoisotopic (exact) mass is 1150 g/mol. The van der Waals surface area contributed by atoms with Crippen LogP contribution < -0.4 is 15.6 Å². The number of likely N-dealkylation sites (tertiary alicyclic amines) is 2. The number of rotatable bonds is 11. The van der Waals surface area contributed by atoms with Crippen LogP contribution >= 0.6 is 0 Å². The standard InChI is InChI=1S/C63H83F3N10O7/c1-38(2)53(73-20-17-62(34-73)18-21-74(35-62)59(79)56-54(70(56)6)41-13-14-41)57(77)68-50-27-40-10-8-11-42(26-40)43-15-16-51-46(28-43)48(30-61(4,5)37-83-60(80)49-12-9-19-76(69-49)58(50)78)55(75(51)36-63(64,65)66)47-29-44(31-67-52(47)39(3)81-7)72-23-22-71-24-25-82-33-45(71)32-72/h8,10-11,15-16,26,28-29,31,38-39,41,45,49-50,53-54,56,69H,9,12-14,17-25,27,30,32-37H2,1-7H3,(H,68,77)/t39-,45-,49-,50-,53-,54+,56+,62-,70?/m0/s1. The zero-order chi connectivity index (χ0) is 58.3. The van der Waals surface area contributed by atoms with Crippen molar-refractivity contribution in [2.24, 2.45) is 22.7 Å². The van der Waals surface area contributed by atoms with Gasteiger partial charge in [-0.3, -0.25) is 43.9 Å². The molecular weight excluding hydrogens is 1070 g/mol. The smallest absolute Gasteiger partial charge is 0.406 e. The van der Waals surface area contributed by atoms with E-state index in [9.17, 15) is 9.59 Å². The molecule has 1 unspecified atom stereocenters. The summed E-state index contributed by atoms with van der Waals surface area (Å²) in [5.41, 5.74) is 7.80. The SMILES string of the molecule is CO[C@@H](C)c1ncc(N2CCN3CCOC[C@@H]3C2)cc1-c1c2c3cc(ccc3n1CC(F)(F)F)-c1cccc(c1)C[C@H](NC(=O)[C@H](C(C)C)N1CC[C@]3(CCN(C(=O)[C@H]4[C@@H](C5CC5)N4C)C3)C1)C(=O)N1CCC[C@H](N1)C(=O)OCC(C)(C)C2. The Hall–Kier alpha value is -5.64. The molecular formula is C63H83F3N10O7. The summed E-state index contributed by atoms with van der Waals surface area (Å²) in [4.78, 5) is 74.4. The van der Waals surface area contributed by atoms with E-state index in [2.05, 4.69) is 42.3 Å². The molecule has 1 spiro atoms. The van der Waals surface area contributed by atoms with Gasteiger partial charge in [0.1, 0.15) is 24.7 Å². The number of aromatic nitrogens is 2. The fourth-order valence-electron chi connectivity index (χ4n) is 14.9. The number of pyridine rings is 1. The summed E-state index contributed by atoms with van der Waals surface area (Å²) in [7, 11) is 3.63. The third kappa shape index (κ3) is 11.8. The average Bonchev–Trinajstić information content (AvgIpc) is 2.37. The van der Waals surface area contributed by atoms with Gasteiger partial charge in [-0.1, -0.05) is 58.0 Å². The molecule has 12 rings (SSSR count). The number of likely N-dealkylation sites (N-methyl/N-ethyl adjacent to an activating group) is 1. The van der Waals surface area contributed by atoms with Crippen LogP contribution in [0.15, 0.2) is 54.7 Å². The van der Waals surface area contributed by atoms with Crippen LogP contribution in [0.2, 0.25) is 0 Å². The molecule has 17 nitrogen and oxygen atoms in total. The second-order valence-electron chi connectivity index (χ2n) is 26.6. The Labute approximate surface area is 485 Å². The van der Waals surface area contributed by atoms with Gasteiger partial charge in [0.2, 0.25) is 11.8 Å². The summed E-state index contributed by atoms with van der Waals surface area (Å²) in [6.07, 6.45) is 2.01. The molecule has 6 bridgehead atoms. The molecule has 20 heteroatoms. The molecule has 2 aromatic carbocycles. The number of nitrogens with zero attached hydrogens (tertiary/aromatic N) is 8. The van der Waals surface area contributed by atoms with Crippen molar-refractivity contribution in [1.29, 1.82) is 0 Å². The molecule has 6 saturated heterocycles. The lowest BCUT2D eigenvalue weighted by Crippen LogP contribution is -2.62. The van der Waals surface area contributed by atoms with E-state index in [1.165, 1.54) is 22.4 Å². The molecule has 9 atom stereocenters. The topological polar surface area (TPSA) is 157 Å². The third-order valence-corrected chi connectivity index (χ3v) is 19.5. The van der Waals surface area contributed by atoms with Crippen molar-refractivity contribution in [3.8, 4) is 22.4 Å². The molecule has 4 aromatic rings. The van der Waals surface area contributed by atoms with Crippen LogP contribution in [-0.2, 0) is 52.8 Å². The van der Waals surface area contributed by atoms with E-state index in [1.807, 2.05) is 77.1 Å². The van der Waals surface area contributed by atoms with Gasteiger partial charge < -0.3 is 33.9 Å². The number of anilines is 1. The Morgan fingerprint density at radius 3 is 2.52 bits per heavy atom. The molecule has 1 saturated carbocycles. The highest BCUT2D eigenvalue weighted by Crippen LogP contribution is 2.49. The number of piperazine rings is 1. The zero-order valence-electron chi connectivity index (χ0n) is 49.3. The van der Waals surface area contributed by atoms with Crippen molar-refractivity contribution < 1.29 is 46.6 Å². The second kappa shape index (κ2) is 22.7. The lowest BCUT2D eigenvalue weighted by molar-refractivity contribution is -0.155. The van der Waals surface area contributed by atoms with Crippen molar-refractivity contribution in [3.63, 3.8) is 0 Å². The van der Waals surface area contributed by atoms with Gasteiger partial charge in [-0.15, -0.1) is 0 Å². The van der Waals surface area contributed by atoms with Crippen LogP contribution in [0.4, 0.5) is 18.9 Å². The van der Waals surface area contributed by atoms with Crippen LogP contribution in [0.5, 0.6) is 0 Å².